The molecule has 0 spiro atoms. The quantitative estimate of drug-likeness (QED) is 0.403. The minimum Gasteiger partial charge on any atom is -0.382 e. The van der Waals surface area contributed by atoms with E-state index in [-0.39, 0.29) is 16.6 Å². The van der Waals surface area contributed by atoms with Crippen molar-refractivity contribution in [1.29, 1.82) is 10.7 Å². The van der Waals surface area contributed by atoms with E-state index in [1.54, 1.807) is 25.2 Å². The Morgan fingerprint density at radius 3 is 2.44 bits per heavy atom. The highest BCUT2D eigenvalue weighted by Crippen LogP contribution is 2.26. The van der Waals surface area contributed by atoms with Crippen LogP contribution < -0.4 is 11.2 Å². The molecule has 1 saturated carbocycles. The summed E-state index contributed by atoms with van der Waals surface area (Å²) < 4.78 is 26.9. The van der Waals surface area contributed by atoms with Crippen LogP contribution in [-0.2, 0) is 10.0 Å². The highest BCUT2D eigenvalue weighted by Gasteiger charge is 2.28. The molecular formula is C16H22N6O2S. The summed E-state index contributed by atoms with van der Waals surface area (Å²) in [4.78, 5) is 0.210. The van der Waals surface area contributed by atoms with Crippen LogP contribution in [0.4, 0.5) is 5.69 Å². The van der Waals surface area contributed by atoms with E-state index in [1.165, 1.54) is 16.4 Å². The fraction of sp³-hybridized carbons (Fsp3) is 0.438. The van der Waals surface area contributed by atoms with Crippen molar-refractivity contribution in [2.24, 2.45) is 10.8 Å². The van der Waals surface area contributed by atoms with Gasteiger partial charge in [0.25, 0.3) is 0 Å². The first-order valence-electron chi connectivity index (χ1n) is 8.02. The third-order valence-electron chi connectivity index (χ3n) is 4.28. The summed E-state index contributed by atoms with van der Waals surface area (Å²) in [6.07, 6.45) is 5.07. The number of rotatable bonds is 6. The number of hydrazone groups is 1. The average molecular weight is 362 g/mol. The summed E-state index contributed by atoms with van der Waals surface area (Å²) in [7, 11) is -1.91. The Balaban J connectivity index is 2.13. The Morgan fingerprint density at radius 1 is 1.32 bits per heavy atom. The number of benzene rings is 1. The van der Waals surface area contributed by atoms with E-state index in [4.69, 9.17) is 16.4 Å². The Bertz CT molecular complexity index is 789. The summed E-state index contributed by atoms with van der Waals surface area (Å²) in [6.45, 7) is 0. The lowest BCUT2D eigenvalue weighted by atomic mass is 9.96. The van der Waals surface area contributed by atoms with Gasteiger partial charge in [-0.1, -0.05) is 19.3 Å². The molecule has 0 radical (unpaired) electrons. The van der Waals surface area contributed by atoms with Gasteiger partial charge in [0.1, 0.15) is 6.07 Å². The molecule has 0 heterocycles. The molecule has 0 saturated heterocycles. The van der Waals surface area contributed by atoms with Crippen LogP contribution in [-0.4, -0.2) is 37.4 Å². The zero-order valence-electron chi connectivity index (χ0n) is 14.1. The number of hydrogen-bond donors (Lipinski definition) is 3. The highest BCUT2D eigenvalue weighted by atomic mass is 32.2. The van der Waals surface area contributed by atoms with E-state index in [9.17, 15) is 8.42 Å². The number of sulfonamides is 1. The maximum absolute atomic E-state index is 12.7. The number of anilines is 1. The molecule has 0 atom stereocenters. The fourth-order valence-electron chi connectivity index (χ4n) is 2.77. The Kier molecular flexibility index (Phi) is 6.12. The van der Waals surface area contributed by atoms with Gasteiger partial charge in [-0.25, -0.2) is 8.42 Å². The summed E-state index contributed by atoms with van der Waals surface area (Å²) in [5, 5.41) is 19.7. The molecule has 0 unspecified atom stereocenters. The predicted octanol–water partition coefficient (Wildman–Crippen LogP) is 1.87. The number of nitrogens with one attached hydrogen (secondary N) is 2. The van der Waals surface area contributed by atoms with Gasteiger partial charge in [0.05, 0.1) is 10.6 Å². The van der Waals surface area contributed by atoms with Crippen LogP contribution in [0.2, 0.25) is 0 Å². The Labute approximate surface area is 147 Å². The summed E-state index contributed by atoms with van der Waals surface area (Å²) >= 11 is 0. The van der Waals surface area contributed by atoms with Gasteiger partial charge < -0.3 is 5.73 Å². The van der Waals surface area contributed by atoms with Gasteiger partial charge in [-0.3, -0.25) is 10.8 Å². The average Bonchev–Trinajstić information content (AvgIpc) is 2.62. The number of nitrogens with two attached hydrogens (primary N) is 1. The van der Waals surface area contributed by atoms with E-state index < -0.39 is 15.9 Å². The molecule has 9 heteroatoms. The predicted molar refractivity (Wildman–Crippen MR) is 96.8 cm³/mol. The molecule has 1 aliphatic rings. The smallest absolute Gasteiger partial charge is 0.243 e. The van der Waals surface area contributed by atoms with Gasteiger partial charge in [-0.05, 0) is 37.1 Å². The SMILES string of the molecule is CN(C1CCCCC1)S(=O)(=O)c1ccc(N/N=C(\C#N)C(=N)N)cc1. The summed E-state index contributed by atoms with van der Waals surface area (Å²) in [6, 6.07) is 7.84. The molecule has 4 N–H and O–H groups in total. The Hall–Kier alpha value is -2.44. The molecule has 1 aliphatic carbocycles. The zero-order valence-corrected chi connectivity index (χ0v) is 14.9. The first-order chi connectivity index (χ1) is 11.9. The highest BCUT2D eigenvalue weighted by molar-refractivity contribution is 7.89. The normalized spacial score (nSPS) is 16.4. The van der Waals surface area contributed by atoms with Crippen molar-refractivity contribution in [2.45, 2.75) is 43.0 Å². The lowest BCUT2D eigenvalue weighted by molar-refractivity contribution is 0.286. The van der Waals surface area contributed by atoms with Crippen molar-refractivity contribution in [3.05, 3.63) is 24.3 Å². The van der Waals surface area contributed by atoms with Gasteiger partial charge in [0.15, 0.2) is 5.84 Å². The third-order valence-corrected chi connectivity index (χ3v) is 6.20. The molecule has 8 nitrogen and oxygen atoms in total. The monoisotopic (exact) mass is 362 g/mol. The minimum absolute atomic E-state index is 0.0508. The van der Waals surface area contributed by atoms with Crippen LogP contribution in [0.1, 0.15) is 32.1 Å². The molecule has 1 aromatic rings. The van der Waals surface area contributed by atoms with Crippen LogP contribution in [0.25, 0.3) is 0 Å². The van der Waals surface area contributed by atoms with Crippen molar-refractivity contribution in [3.63, 3.8) is 0 Å². The molecule has 0 aliphatic heterocycles. The number of hydrogen-bond acceptors (Lipinski definition) is 6. The number of nitriles is 1. The largest absolute Gasteiger partial charge is 0.382 e. The molecular weight excluding hydrogens is 340 g/mol. The van der Waals surface area contributed by atoms with Gasteiger partial charge in [-0.2, -0.15) is 14.7 Å². The second-order valence-electron chi connectivity index (χ2n) is 5.94. The van der Waals surface area contributed by atoms with Crippen LogP contribution in [0.5, 0.6) is 0 Å². The number of amidine groups is 1. The fourth-order valence-corrected chi connectivity index (χ4v) is 4.19. The molecule has 1 fully saturated rings. The van der Waals surface area contributed by atoms with Crippen molar-refractivity contribution in [1.82, 2.24) is 4.31 Å². The van der Waals surface area contributed by atoms with Gasteiger partial charge in [-0.15, -0.1) is 0 Å². The van der Waals surface area contributed by atoms with Gasteiger partial charge in [0.2, 0.25) is 15.7 Å². The van der Waals surface area contributed by atoms with Crippen molar-refractivity contribution >= 4 is 27.3 Å². The van der Waals surface area contributed by atoms with E-state index >= 15 is 0 Å². The maximum atomic E-state index is 12.7. The summed E-state index contributed by atoms with van der Waals surface area (Å²) in [5.74, 6) is -0.441. The lowest BCUT2D eigenvalue weighted by Crippen LogP contribution is -2.38. The van der Waals surface area contributed by atoms with Crippen LogP contribution in [0, 0.1) is 16.7 Å². The second-order valence-corrected chi connectivity index (χ2v) is 7.93. The first kappa shape index (κ1) is 18.9. The lowest BCUT2D eigenvalue weighted by Gasteiger charge is -2.30. The van der Waals surface area contributed by atoms with Crippen LogP contribution >= 0.6 is 0 Å². The van der Waals surface area contributed by atoms with Crippen molar-refractivity contribution in [2.75, 3.05) is 12.5 Å². The number of nitrogens with zero attached hydrogens (tertiary/aromatic N) is 3. The van der Waals surface area contributed by atoms with Crippen molar-refractivity contribution in [3.8, 4) is 6.07 Å². The molecule has 1 aromatic carbocycles. The molecule has 0 aromatic heterocycles. The molecule has 0 amide bonds. The van der Waals surface area contributed by atoms with E-state index in [0.29, 0.717) is 5.69 Å². The van der Waals surface area contributed by atoms with Gasteiger partial charge in [0, 0.05) is 13.1 Å². The zero-order chi connectivity index (χ0) is 18.4. The first-order valence-corrected chi connectivity index (χ1v) is 9.46. The van der Waals surface area contributed by atoms with Crippen LogP contribution in [0.15, 0.2) is 34.3 Å². The van der Waals surface area contributed by atoms with Gasteiger partial charge >= 0.3 is 0 Å². The van der Waals surface area contributed by atoms with E-state index in [0.717, 1.165) is 32.1 Å². The third kappa shape index (κ3) is 4.55. The van der Waals surface area contributed by atoms with Crippen molar-refractivity contribution < 1.29 is 8.42 Å². The molecule has 0 bridgehead atoms. The van der Waals surface area contributed by atoms with Crippen LogP contribution in [0.3, 0.4) is 0 Å². The summed E-state index contributed by atoms with van der Waals surface area (Å²) in [5.41, 5.74) is 8.04. The molecule has 2 rings (SSSR count). The maximum Gasteiger partial charge on any atom is 0.243 e. The Morgan fingerprint density at radius 2 is 1.92 bits per heavy atom. The standard InChI is InChI=1S/C16H22N6O2S/c1-22(13-5-3-2-4-6-13)25(23,24)14-9-7-12(8-10-14)20-21-15(11-17)16(18)19/h7-10,13,20H,2-6H2,1H3,(H3,18,19)/b21-15+. The van der Waals surface area contributed by atoms with E-state index in [1.807, 2.05) is 0 Å². The molecule has 134 valence electrons. The van der Waals surface area contributed by atoms with E-state index in [2.05, 4.69) is 10.5 Å². The minimum atomic E-state index is -3.54. The topological polar surface area (TPSA) is 135 Å². The second kappa shape index (κ2) is 8.09. The molecule has 25 heavy (non-hydrogen) atoms.